The van der Waals surface area contributed by atoms with Crippen LogP contribution >= 0.6 is 11.6 Å². The van der Waals surface area contributed by atoms with Crippen LogP contribution in [0.5, 0.6) is 0 Å². The Morgan fingerprint density at radius 2 is 2.26 bits per heavy atom. The van der Waals surface area contributed by atoms with Crippen LogP contribution in [0.4, 0.5) is 0 Å². The number of methoxy groups -OCH3 is 1. The van der Waals surface area contributed by atoms with Gasteiger partial charge in [-0.2, -0.15) is 0 Å². The molecule has 5 nitrogen and oxygen atoms in total. The summed E-state index contributed by atoms with van der Waals surface area (Å²) in [5.74, 6) is -0.501. The second-order valence-corrected chi connectivity index (χ2v) is 4.84. The second-order valence-electron chi connectivity index (χ2n) is 4.40. The highest BCUT2D eigenvalue weighted by Crippen LogP contribution is 2.12. The molecule has 1 saturated heterocycles. The molecule has 0 aromatic heterocycles. The number of carbonyl (C=O) groups excluding carboxylic acids is 2. The van der Waals surface area contributed by atoms with Gasteiger partial charge in [-0.3, -0.25) is 9.59 Å². The number of benzene rings is 1. The van der Waals surface area contributed by atoms with Crippen molar-refractivity contribution in [2.75, 3.05) is 13.7 Å². The first kappa shape index (κ1) is 13.8. The maximum absolute atomic E-state index is 12.0. The second kappa shape index (κ2) is 6.04. The number of nitrogens with one attached hydrogen (secondary N) is 2. The summed E-state index contributed by atoms with van der Waals surface area (Å²) in [6.07, 6.45) is 0.527. The number of halogens is 1. The Labute approximate surface area is 116 Å². The lowest BCUT2D eigenvalue weighted by molar-refractivity contribution is -0.142. The minimum absolute atomic E-state index is 0.0874. The molecule has 2 rings (SSSR count). The van der Waals surface area contributed by atoms with Crippen molar-refractivity contribution in [3.8, 4) is 0 Å². The number of rotatable bonds is 3. The van der Waals surface area contributed by atoms with Crippen LogP contribution in [-0.4, -0.2) is 37.6 Å². The average Bonchev–Trinajstić information content (AvgIpc) is 2.86. The van der Waals surface area contributed by atoms with Gasteiger partial charge < -0.3 is 15.4 Å². The zero-order chi connectivity index (χ0) is 13.8. The molecule has 0 bridgehead atoms. The van der Waals surface area contributed by atoms with E-state index in [-0.39, 0.29) is 24.0 Å². The van der Waals surface area contributed by atoms with Gasteiger partial charge in [0.1, 0.15) is 6.04 Å². The summed E-state index contributed by atoms with van der Waals surface area (Å²) in [6, 6.07) is 6.30. The van der Waals surface area contributed by atoms with Gasteiger partial charge in [0.2, 0.25) is 0 Å². The summed E-state index contributed by atoms with van der Waals surface area (Å²) in [5, 5.41) is 6.39. The fourth-order valence-corrected chi connectivity index (χ4v) is 2.26. The molecule has 0 unspecified atom stereocenters. The van der Waals surface area contributed by atoms with Gasteiger partial charge in [0, 0.05) is 23.2 Å². The van der Waals surface area contributed by atoms with E-state index in [1.54, 1.807) is 24.3 Å². The fraction of sp³-hybridized carbons (Fsp3) is 0.385. The van der Waals surface area contributed by atoms with E-state index in [2.05, 4.69) is 15.4 Å². The number of ether oxygens (including phenoxy) is 1. The van der Waals surface area contributed by atoms with Crippen LogP contribution in [-0.2, 0) is 9.53 Å². The van der Waals surface area contributed by atoms with Gasteiger partial charge in [-0.1, -0.05) is 17.7 Å². The summed E-state index contributed by atoms with van der Waals surface area (Å²) >= 11 is 5.84. The largest absolute Gasteiger partial charge is 0.468 e. The topological polar surface area (TPSA) is 67.4 Å². The van der Waals surface area contributed by atoms with Crippen molar-refractivity contribution in [2.45, 2.75) is 18.5 Å². The summed E-state index contributed by atoms with van der Waals surface area (Å²) in [4.78, 5) is 23.3. The zero-order valence-corrected chi connectivity index (χ0v) is 11.2. The van der Waals surface area contributed by atoms with Gasteiger partial charge >= 0.3 is 5.97 Å². The Morgan fingerprint density at radius 3 is 2.95 bits per heavy atom. The third kappa shape index (κ3) is 3.45. The molecule has 1 heterocycles. The number of amides is 1. The maximum Gasteiger partial charge on any atom is 0.322 e. The highest BCUT2D eigenvalue weighted by molar-refractivity contribution is 6.30. The molecule has 0 saturated carbocycles. The molecule has 1 aliphatic rings. The number of esters is 1. The number of hydrogen-bond donors (Lipinski definition) is 2. The predicted molar refractivity (Wildman–Crippen MR) is 71.1 cm³/mol. The third-order valence-corrected chi connectivity index (χ3v) is 3.27. The fourth-order valence-electron chi connectivity index (χ4n) is 2.07. The summed E-state index contributed by atoms with van der Waals surface area (Å²) in [6.45, 7) is 0.548. The minimum Gasteiger partial charge on any atom is -0.468 e. The Hall–Kier alpha value is -1.59. The van der Waals surface area contributed by atoms with Gasteiger partial charge in [-0.15, -0.1) is 0 Å². The smallest absolute Gasteiger partial charge is 0.322 e. The predicted octanol–water partition coefficient (Wildman–Crippen LogP) is 0.973. The van der Waals surface area contributed by atoms with E-state index in [1.165, 1.54) is 7.11 Å². The van der Waals surface area contributed by atoms with Crippen molar-refractivity contribution in [1.29, 1.82) is 0 Å². The first-order valence-corrected chi connectivity index (χ1v) is 6.35. The molecule has 0 spiro atoms. The molecule has 1 amide bonds. The van der Waals surface area contributed by atoms with E-state index in [1.807, 2.05) is 0 Å². The van der Waals surface area contributed by atoms with Crippen LogP contribution in [0, 0.1) is 0 Å². The Bertz CT molecular complexity index is 493. The molecular weight excluding hydrogens is 268 g/mol. The number of carbonyl (C=O) groups is 2. The van der Waals surface area contributed by atoms with E-state index in [0.29, 0.717) is 23.6 Å². The minimum atomic E-state index is -0.352. The molecule has 2 N–H and O–H groups in total. The lowest BCUT2D eigenvalue weighted by atomic mass is 10.1. The number of hydrogen-bond acceptors (Lipinski definition) is 4. The van der Waals surface area contributed by atoms with Crippen LogP contribution in [0.15, 0.2) is 24.3 Å². The lowest BCUT2D eigenvalue weighted by Gasteiger charge is -2.11. The van der Waals surface area contributed by atoms with E-state index in [4.69, 9.17) is 11.6 Å². The van der Waals surface area contributed by atoms with Gasteiger partial charge in [0.15, 0.2) is 0 Å². The van der Waals surface area contributed by atoms with E-state index < -0.39 is 0 Å². The average molecular weight is 283 g/mol. The molecule has 1 aliphatic heterocycles. The van der Waals surface area contributed by atoms with Crippen molar-refractivity contribution in [3.05, 3.63) is 34.9 Å². The molecule has 1 aromatic rings. The van der Waals surface area contributed by atoms with Gasteiger partial charge in [0.05, 0.1) is 7.11 Å². The molecule has 19 heavy (non-hydrogen) atoms. The summed E-state index contributed by atoms with van der Waals surface area (Å²) in [7, 11) is 1.35. The van der Waals surface area contributed by atoms with Gasteiger partial charge in [-0.25, -0.2) is 0 Å². The molecule has 0 aliphatic carbocycles. The highest BCUT2D eigenvalue weighted by Gasteiger charge is 2.30. The Balaban J connectivity index is 1.92. The molecule has 6 heteroatoms. The van der Waals surface area contributed by atoms with Crippen molar-refractivity contribution in [1.82, 2.24) is 10.6 Å². The molecule has 1 aromatic carbocycles. The van der Waals surface area contributed by atoms with E-state index >= 15 is 0 Å². The van der Waals surface area contributed by atoms with Crippen LogP contribution < -0.4 is 10.6 Å². The van der Waals surface area contributed by atoms with Crippen molar-refractivity contribution < 1.29 is 14.3 Å². The van der Waals surface area contributed by atoms with Crippen molar-refractivity contribution >= 4 is 23.5 Å². The molecule has 2 atom stereocenters. The molecule has 0 radical (unpaired) electrons. The standard InChI is InChI=1S/C13H15ClN2O3/c1-19-13(18)11-6-10(7-15-11)16-12(17)8-3-2-4-9(14)5-8/h2-5,10-11,15H,6-7H2,1H3,(H,16,17)/t10-,11-/m0/s1. The molecule has 102 valence electrons. The SMILES string of the molecule is COC(=O)[C@@H]1C[C@H](NC(=O)c2cccc(Cl)c2)CN1. The molecular formula is C13H15ClN2O3. The monoisotopic (exact) mass is 282 g/mol. The zero-order valence-electron chi connectivity index (χ0n) is 10.5. The Kier molecular flexibility index (Phi) is 4.39. The van der Waals surface area contributed by atoms with E-state index in [9.17, 15) is 9.59 Å². The first-order valence-electron chi connectivity index (χ1n) is 5.98. The molecule has 1 fully saturated rings. The summed E-state index contributed by atoms with van der Waals surface area (Å²) < 4.78 is 4.66. The lowest BCUT2D eigenvalue weighted by Crippen LogP contribution is -2.36. The summed E-state index contributed by atoms with van der Waals surface area (Å²) in [5.41, 5.74) is 0.508. The maximum atomic E-state index is 12.0. The van der Waals surface area contributed by atoms with Gasteiger partial charge in [0.25, 0.3) is 5.91 Å². The van der Waals surface area contributed by atoms with Gasteiger partial charge in [-0.05, 0) is 24.6 Å². The van der Waals surface area contributed by atoms with Crippen LogP contribution in [0.3, 0.4) is 0 Å². The third-order valence-electron chi connectivity index (χ3n) is 3.04. The van der Waals surface area contributed by atoms with Crippen molar-refractivity contribution in [3.63, 3.8) is 0 Å². The van der Waals surface area contributed by atoms with Crippen LogP contribution in [0.25, 0.3) is 0 Å². The Morgan fingerprint density at radius 1 is 1.47 bits per heavy atom. The van der Waals surface area contributed by atoms with Crippen molar-refractivity contribution in [2.24, 2.45) is 0 Å². The first-order chi connectivity index (χ1) is 9.10. The normalized spacial score (nSPS) is 22.0. The van der Waals surface area contributed by atoms with Crippen LogP contribution in [0.1, 0.15) is 16.8 Å². The van der Waals surface area contributed by atoms with E-state index in [0.717, 1.165) is 0 Å². The highest BCUT2D eigenvalue weighted by atomic mass is 35.5. The quantitative estimate of drug-likeness (QED) is 0.811. The van der Waals surface area contributed by atoms with Crippen LogP contribution in [0.2, 0.25) is 5.02 Å².